The van der Waals surface area contributed by atoms with Crippen molar-refractivity contribution in [3.63, 3.8) is 0 Å². The van der Waals surface area contributed by atoms with Crippen LogP contribution in [0.4, 0.5) is 5.82 Å². The molecule has 1 unspecified atom stereocenters. The molecule has 1 N–H and O–H groups in total. The summed E-state index contributed by atoms with van der Waals surface area (Å²) in [5, 5.41) is 0. The molecule has 3 heterocycles. The van der Waals surface area contributed by atoms with Crippen LogP contribution in [0.2, 0.25) is 0 Å². The predicted molar refractivity (Wildman–Crippen MR) is 62.3 cm³/mol. The van der Waals surface area contributed by atoms with Crippen LogP contribution in [0.3, 0.4) is 0 Å². The maximum Gasteiger partial charge on any atom is 0.182 e. The summed E-state index contributed by atoms with van der Waals surface area (Å²) in [4.78, 5) is 18.1. The zero-order valence-corrected chi connectivity index (χ0v) is 9.35. The molecule has 5 nitrogen and oxygen atoms in total. The highest BCUT2D eigenvalue weighted by Gasteiger charge is 2.20. The van der Waals surface area contributed by atoms with Crippen LogP contribution in [0, 0.1) is 5.92 Å². The number of H-pyrrole nitrogens is 1. The van der Waals surface area contributed by atoms with E-state index in [1.165, 1.54) is 12.8 Å². The van der Waals surface area contributed by atoms with Crippen molar-refractivity contribution >= 4 is 17.0 Å². The van der Waals surface area contributed by atoms with Gasteiger partial charge in [-0.1, -0.05) is 6.92 Å². The van der Waals surface area contributed by atoms with Crippen molar-refractivity contribution in [3.8, 4) is 0 Å². The molecule has 1 saturated heterocycles. The van der Waals surface area contributed by atoms with Gasteiger partial charge < -0.3 is 9.88 Å². The average molecular weight is 217 g/mol. The predicted octanol–water partition coefficient (Wildman–Crippen LogP) is 1.59. The SMILES string of the molecule is CC1CCCN(c2ncnc3nc[nH]c23)C1. The van der Waals surface area contributed by atoms with E-state index in [9.17, 15) is 0 Å². The molecular formula is C11H15N5. The number of imidazole rings is 1. The summed E-state index contributed by atoms with van der Waals surface area (Å²) in [6.07, 6.45) is 5.82. The number of anilines is 1. The number of fused-ring (bicyclic) bond motifs is 1. The van der Waals surface area contributed by atoms with Crippen LogP contribution in [-0.4, -0.2) is 33.0 Å². The van der Waals surface area contributed by atoms with Crippen molar-refractivity contribution in [1.29, 1.82) is 0 Å². The lowest BCUT2D eigenvalue weighted by atomic mass is 10.0. The number of rotatable bonds is 1. The van der Waals surface area contributed by atoms with Crippen molar-refractivity contribution in [3.05, 3.63) is 12.7 Å². The molecule has 1 fully saturated rings. The molecule has 0 amide bonds. The molecule has 84 valence electrons. The highest BCUT2D eigenvalue weighted by molar-refractivity contribution is 5.82. The standard InChI is InChI=1S/C11H15N5/c1-8-3-2-4-16(5-8)11-9-10(13-6-12-9)14-7-15-11/h6-8H,2-5H2,1H3,(H,12,13,14,15). The Bertz CT molecular complexity index is 492. The van der Waals surface area contributed by atoms with E-state index >= 15 is 0 Å². The van der Waals surface area contributed by atoms with Gasteiger partial charge >= 0.3 is 0 Å². The molecule has 0 radical (unpaired) electrons. The van der Waals surface area contributed by atoms with Gasteiger partial charge in [0.1, 0.15) is 11.8 Å². The summed E-state index contributed by atoms with van der Waals surface area (Å²) in [5.74, 6) is 1.73. The van der Waals surface area contributed by atoms with E-state index in [1.54, 1.807) is 12.7 Å². The summed E-state index contributed by atoms with van der Waals surface area (Å²) in [5.41, 5.74) is 1.71. The fourth-order valence-corrected chi connectivity index (χ4v) is 2.37. The number of nitrogens with one attached hydrogen (secondary N) is 1. The monoisotopic (exact) mass is 217 g/mol. The van der Waals surface area contributed by atoms with E-state index in [0.29, 0.717) is 0 Å². The van der Waals surface area contributed by atoms with E-state index in [0.717, 1.165) is 36.0 Å². The van der Waals surface area contributed by atoms with E-state index in [2.05, 4.69) is 31.8 Å². The van der Waals surface area contributed by atoms with Crippen molar-refractivity contribution in [2.75, 3.05) is 18.0 Å². The van der Waals surface area contributed by atoms with Gasteiger partial charge in [-0.3, -0.25) is 0 Å². The molecule has 0 bridgehead atoms. The second kappa shape index (κ2) is 3.73. The molecule has 0 saturated carbocycles. The summed E-state index contributed by atoms with van der Waals surface area (Å²) in [6, 6.07) is 0. The van der Waals surface area contributed by atoms with Gasteiger partial charge in [-0.05, 0) is 18.8 Å². The Balaban J connectivity index is 2.01. The summed E-state index contributed by atoms with van der Waals surface area (Å²) in [7, 11) is 0. The first-order valence-corrected chi connectivity index (χ1v) is 5.73. The number of hydrogen-bond donors (Lipinski definition) is 1. The Labute approximate surface area is 93.9 Å². The first-order valence-electron chi connectivity index (χ1n) is 5.73. The van der Waals surface area contributed by atoms with Crippen molar-refractivity contribution < 1.29 is 0 Å². The molecule has 1 atom stereocenters. The number of nitrogens with zero attached hydrogens (tertiary/aromatic N) is 4. The number of aromatic amines is 1. The van der Waals surface area contributed by atoms with Gasteiger partial charge in [-0.25, -0.2) is 15.0 Å². The van der Waals surface area contributed by atoms with E-state index < -0.39 is 0 Å². The van der Waals surface area contributed by atoms with Crippen LogP contribution in [0.25, 0.3) is 11.2 Å². The Morgan fingerprint density at radius 2 is 2.31 bits per heavy atom. The summed E-state index contributed by atoms with van der Waals surface area (Å²) >= 11 is 0. The third-order valence-corrected chi connectivity index (χ3v) is 3.16. The zero-order valence-electron chi connectivity index (χ0n) is 9.35. The average Bonchev–Trinajstić information content (AvgIpc) is 2.76. The Hall–Kier alpha value is -1.65. The zero-order chi connectivity index (χ0) is 11.0. The molecule has 2 aromatic rings. The lowest BCUT2D eigenvalue weighted by Crippen LogP contribution is -2.35. The third-order valence-electron chi connectivity index (χ3n) is 3.16. The molecule has 3 rings (SSSR count). The lowest BCUT2D eigenvalue weighted by molar-refractivity contribution is 0.445. The van der Waals surface area contributed by atoms with Crippen molar-refractivity contribution in [1.82, 2.24) is 19.9 Å². The lowest BCUT2D eigenvalue weighted by Gasteiger charge is -2.31. The van der Waals surface area contributed by atoms with Gasteiger partial charge in [0.2, 0.25) is 0 Å². The Morgan fingerprint density at radius 1 is 1.38 bits per heavy atom. The van der Waals surface area contributed by atoms with Crippen LogP contribution in [0.5, 0.6) is 0 Å². The van der Waals surface area contributed by atoms with Crippen molar-refractivity contribution in [2.45, 2.75) is 19.8 Å². The van der Waals surface area contributed by atoms with Gasteiger partial charge in [0.25, 0.3) is 0 Å². The first-order chi connectivity index (χ1) is 7.84. The number of aromatic nitrogens is 4. The summed E-state index contributed by atoms with van der Waals surface area (Å²) < 4.78 is 0. The minimum absolute atomic E-state index is 0.738. The summed E-state index contributed by atoms with van der Waals surface area (Å²) in [6.45, 7) is 4.44. The minimum atomic E-state index is 0.738. The van der Waals surface area contributed by atoms with Crippen LogP contribution in [0.15, 0.2) is 12.7 Å². The molecule has 5 heteroatoms. The molecule has 1 aliphatic rings. The van der Waals surface area contributed by atoms with Gasteiger partial charge in [0.05, 0.1) is 6.33 Å². The smallest absolute Gasteiger partial charge is 0.182 e. The molecule has 0 aliphatic carbocycles. The highest BCUT2D eigenvalue weighted by Crippen LogP contribution is 2.25. The largest absolute Gasteiger partial charge is 0.354 e. The van der Waals surface area contributed by atoms with Gasteiger partial charge in [0, 0.05) is 13.1 Å². The molecule has 0 aromatic carbocycles. The quantitative estimate of drug-likeness (QED) is 0.788. The highest BCUT2D eigenvalue weighted by atomic mass is 15.2. The van der Waals surface area contributed by atoms with Crippen LogP contribution in [0.1, 0.15) is 19.8 Å². The topological polar surface area (TPSA) is 57.7 Å². The number of hydrogen-bond acceptors (Lipinski definition) is 4. The normalized spacial score (nSPS) is 21.6. The molecular weight excluding hydrogens is 202 g/mol. The van der Waals surface area contributed by atoms with E-state index in [4.69, 9.17) is 0 Å². The maximum absolute atomic E-state index is 4.38. The Morgan fingerprint density at radius 3 is 3.19 bits per heavy atom. The van der Waals surface area contributed by atoms with Gasteiger partial charge in [-0.15, -0.1) is 0 Å². The molecule has 2 aromatic heterocycles. The number of piperidine rings is 1. The molecule has 1 aliphatic heterocycles. The van der Waals surface area contributed by atoms with Crippen LogP contribution in [-0.2, 0) is 0 Å². The second-order valence-corrected chi connectivity index (χ2v) is 4.49. The third kappa shape index (κ3) is 1.52. The van der Waals surface area contributed by atoms with Gasteiger partial charge in [0.15, 0.2) is 11.5 Å². The van der Waals surface area contributed by atoms with E-state index in [1.807, 2.05) is 0 Å². The fraction of sp³-hybridized carbons (Fsp3) is 0.545. The molecule has 0 spiro atoms. The minimum Gasteiger partial charge on any atom is -0.354 e. The molecule has 16 heavy (non-hydrogen) atoms. The van der Waals surface area contributed by atoms with Crippen molar-refractivity contribution in [2.24, 2.45) is 5.92 Å². The van der Waals surface area contributed by atoms with E-state index in [-0.39, 0.29) is 0 Å². The maximum atomic E-state index is 4.38. The fourth-order valence-electron chi connectivity index (χ4n) is 2.37. The first kappa shape index (κ1) is 9.57. The van der Waals surface area contributed by atoms with Crippen LogP contribution < -0.4 is 4.90 Å². The second-order valence-electron chi connectivity index (χ2n) is 4.49. The van der Waals surface area contributed by atoms with Gasteiger partial charge in [-0.2, -0.15) is 0 Å². The Kier molecular flexibility index (Phi) is 2.23. The van der Waals surface area contributed by atoms with Crippen LogP contribution >= 0.6 is 0 Å².